The van der Waals surface area contributed by atoms with Crippen molar-refractivity contribution in [3.05, 3.63) is 66.5 Å². The van der Waals surface area contributed by atoms with Crippen molar-refractivity contribution >= 4 is 17.4 Å². The van der Waals surface area contributed by atoms with Crippen molar-refractivity contribution in [2.24, 2.45) is 0 Å². The number of imidazole rings is 1. The van der Waals surface area contributed by atoms with Gasteiger partial charge in [-0.2, -0.15) is 0 Å². The Morgan fingerprint density at radius 2 is 1.73 bits per heavy atom. The van der Waals surface area contributed by atoms with E-state index in [0.717, 1.165) is 5.65 Å². The molecule has 3 aromatic heterocycles. The molecule has 26 heavy (non-hydrogen) atoms. The molecule has 0 aliphatic heterocycles. The lowest BCUT2D eigenvalue weighted by Crippen LogP contribution is -2.10. The summed E-state index contributed by atoms with van der Waals surface area (Å²) in [7, 11) is 0. The summed E-state index contributed by atoms with van der Waals surface area (Å²) in [6.07, 6.45) is 5.18. The van der Waals surface area contributed by atoms with Gasteiger partial charge in [-0.15, -0.1) is 0 Å². The molecule has 0 saturated carbocycles. The molecule has 8 heteroatoms. The number of nitrogens with zero attached hydrogens (tertiary/aromatic N) is 4. The van der Waals surface area contributed by atoms with Crippen LogP contribution >= 0.6 is 0 Å². The van der Waals surface area contributed by atoms with Gasteiger partial charge in [-0.3, -0.25) is 0 Å². The number of pyridine rings is 1. The maximum absolute atomic E-state index is 13.3. The number of hydrogen-bond acceptors (Lipinski definition) is 5. The normalized spacial score (nSPS) is 11.0. The van der Waals surface area contributed by atoms with Gasteiger partial charge >= 0.3 is 5.97 Å². The van der Waals surface area contributed by atoms with Gasteiger partial charge in [0.1, 0.15) is 11.5 Å². The van der Waals surface area contributed by atoms with Crippen molar-refractivity contribution in [1.29, 1.82) is 0 Å². The van der Waals surface area contributed by atoms with Crippen LogP contribution in [0.2, 0.25) is 0 Å². The molecule has 4 rings (SSSR count). The fourth-order valence-electron chi connectivity index (χ4n) is 2.68. The van der Waals surface area contributed by atoms with Gasteiger partial charge in [-0.05, 0) is 36.4 Å². The molecule has 0 aliphatic carbocycles. The van der Waals surface area contributed by atoms with Crippen molar-refractivity contribution in [2.45, 2.75) is 0 Å². The van der Waals surface area contributed by atoms with E-state index < -0.39 is 11.8 Å². The Kier molecular flexibility index (Phi) is 3.58. The Bertz CT molecular complexity index is 1140. The molecule has 1 aromatic carbocycles. The smallest absolute Gasteiger partial charge is 0.358 e. The predicted octanol–water partition coefficient (Wildman–Crippen LogP) is 2.88. The largest absolute Gasteiger partial charge is 0.476 e. The Morgan fingerprint density at radius 1 is 1.04 bits per heavy atom. The van der Waals surface area contributed by atoms with E-state index in [0.29, 0.717) is 22.5 Å². The highest BCUT2D eigenvalue weighted by Crippen LogP contribution is 2.31. The van der Waals surface area contributed by atoms with Gasteiger partial charge in [-0.25, -0.2) is 24.1 Å². The minimum absolute atomic E-state index is 0.204. The monoisotopic (exact) mass is 349 g/mol. The fraction of sp³-hybridized carbons (Fsp3) is 0. The second kappa shape index (κ2) is 5.92. The van der Waals surface area contributed by atoms with Gasteiger partial charge in [-0.1, -0.05) is 0 Å². The second-order valence-corrected chi connectivity index (χ2v) is 5.58. The van der Waals surface area contributed by atoms with E-state index in [1.807, 2.05) is 0 Å². The van der Waals surface area contributed by atoms with Crippen LogP contribution in [0.1, 0.15) is 10.5 Å². The fourth-order valence-corrected chi connectivity index (χ4v) is 2.68. The lowest BCUT2D eigenvalue weighted by atomic mass is 10.0. The molecule has 128 valence electrons. The molecule has 0 saturated heterocycles. The highest BCUT2D eigenvalue weighted by Gasteiger charge is 2.19. The lowest BCUT2D eigenvalue weighted by Gasteiger charge is -2.11. The summed E-state index contributed by atoms with van der Waals surface area (Å²) in [6, 6.07) is 9.21. The van der Waals surface area contributed by atoms with Crippen molar-refractivity contribution in [2.75, 3.05) is 5.73 Å². The van der Waals surface area contributed by atoms with Crippen LogP contribution in [0, 0.1) is 5.82 Å². The van der Waals surface area contributed by atoms with Crippen LogP contribution in [0.15, 0.2) is 55.0 Å². The van der Waals surface area contributed by atoms with Crippen LogP contribution in [0.5, 0.6) is 0 Å². The predicted molar refractivity (Wildman–Crippen MR) is 93.0 cm³/mol. The minimum atomic E-state index is -1.27. The summed E-state index contributed by atoms with van der Waals surface area (Å²) in [5.74, 6) is -1.87. The summed E-state index contributed by atoms with van der Waals surface area (Å²) in [5.41, 5.74) is 8.07. The Balaban J connectivity index is 1.99. The van der Waals surface area contributed by atoms with E-state index in [1.54, 1.807) is 47.3 Å². The number of carboxylic acids is 1. The Labute approximate surface area is 146 Å². The van der Waals surface area contributed by atoms with Crippen molar-refractivity contribution in [3.8, 4) is 22.5 Å². The topological polar surface area (TPSA) is 106 Å². The highest BCUT2D eigenvalue weighted by atomic mass is 19.1. The maximum atomic E-state index is 13.3. The molecule has 0 atom stereocenters. The van der Waals surface area contributed by atoms with Gasteiger partial charge in [0, 0.05) is 29.7 Å². The number of fused-ring (bicyclic) bond motifs is 1. The first-order valence-corrected chi connectivity index (χ1v) is 7.63. The molecule has 4 aromatic rings. The molecule has 7 nitrogen and oxygen atoms in total. The van der Waals surface area contributed by atoms with Gasteiger partial charge < -0.3 is 15.2 Å². The van der Waals surface area contributed by atoms with Gasteiger partial charge in [0.2, 0.25) is 0 Å². The van der Waals surface area contributed by atoms with E-state index >= 15 is 0 Å². The molecule has 0 spiro atoms. The number of hydrogen-bond donors (Lipinski definition) is 2. The number of nitrogen functional groups attached to an aromatic ring is 1. The van der Waals surface area contributed by atoms with Crippen LogP contribution in [0.4, 0.5) is 10.2 Å². The Hall–Kier alpha value is -3.81. The number of aromatic carboxylic acids is 1. The van der Waals surface area contributed by atoms with Crippen LogP contribution in [0.25, 0.3) is 28.2 Å². The van der Waals surface area contributed by atoms with Gasteiger partial charge in [0.25, 0.3) is 0 Å². The SMILES string of the molecule is Nc1nc(-c2ccc(F)cc2)c(-c2ccc3nccn3c2)nc1C(=O)O. The number of halogens is 1. The molecule has 0 bridgehead atoms. The van der Waals surface area contributed by atoms with Crippen molar-refractivity contribution in [1.82, 2.24) is 19.4 Å². The summed E-state index contributed by atoms with van der Waals surface area (Å²) in [5, 5.41) is 9.33. The highest BCUT2D eigenvalue weighted by molar-refractivity contribution is 5.93. The number of anilines is 1. The zero-order valence-electron chi connectivity index (χ0n) is 13.3. The third-order valence-electron chi connectivity index (χ3n) is 3.91. The summed E-state index contributed by atoms with van der Waals surface area (Å²) < 4.78 is 15.0. The van der Waals surface area contributed by atoms with Crippen LogP contribution in [0.3, 0.4) is 0 Å². The third kappa shape index (κ3) is 2.63. The van der Waals surface area contributed by atoms with E-state index in [9.17, 15) is 14.3 Å². The maximum Gasteiger partial charge on any atom is 0.358 e. The molecule has 0 unspecified atom stereocenters. The number of nitrogens with two attached hydrogens (primary N) is 1. The molecule has 0 fully saturated rings. The first-order valence-electron chi connectivity index (χ1n) is 7.63. The average Bonchev–Trinajstić information content (AvgIpc) is 3.09. The molecule has 0 radical (unpaired) electrons. The van der Waals surface area contributed by atoms with Crippen molar-refractivity contribution in [3.63, 3.8) is 0 Å². The second-order valence-electron chi connectivity index (χ2n) is 5.58. The van der Waals surface area contributed by atoms with Crippen LogP contribution in [-0.2, 0) is 0 Å². The Morgan fingerprint density at radius 3 is 2.46 bits per heavy atom. The number of aromatic nitrogens is 4. The summed E-state index contributed by atoms with van der Waals surface area (Å²) in [4.78, 5) is 24.0. The summed E-state index contributed by atoms with van der Waals surface area (Å²) in [6.45, 7) is 0. The quantitative estimate of drug-likeness (QED) is 0.589. The molecule has 0 aliphatic rings. The van der Waals surface area contributed by atoms with E-state index in [4.69, 9.17) is 5.73 Å². The van der Waals surface area contributed by atoms with Crippen LogP contribution in [-0.4, -0.2) is 30.4 Å². The zero-order chi connectivity index (χ0) is 18.3. The average molecular weight is 349 g/mol. The first kappa shape index (κ1) is 15.7. The molecular formula is C18H12FN5O2. The van der Waals surface area contributed by atoms with Crippen molar-refractivity contribution < 1.29 is 14.3 Å². The molecular weight excluding hydrogens is 337 g/mol. The molecule has 3 N–H and O–H groups in total. The van der Waals surface area contributed by atoms with Crippen LogP contribution < -0.4 is 5.73 Å². The third-order valence-corrected chi connectivity index (χ3v) is 3.91. The van der Waals surface area contributed by atoms with Gasteiger partial charge in [0.05, 0.1) is 11.4 Å². The number of carbonyl (C=O) groups is 1. The summed E-state index contributed by atoms with van der Waals surface area (Å²) >= 11 is 0. The number of benzene rings is 1. The molecule has 0 amide bonds. The standard InChI is InChI=1S/C18H12FN5O2/c19-12-4-1-10(2-5-12)14-15(22-16(18(25)26)17(20)23-14)11-3-6-13-21-7-8-24(13)9-11/h1-9H,(H2,20,23)(H,25,26). The molecule has 3 heterocycles. The van der Waals surface area contributed by atoms with E-state index in [-0.39, 0.29) is 11.5 Å². The van der Waals surface area contributed by atoms with E-state index in [2.05, 4.69) is 15.0 Å². The number of rotatable bonds is 3. The number of carboxylic acid groups (broad SMARTS) is 1. The minimum Gasteiger partial charge on any atom is -0.476 e. The zero-order valence-corrected chi connectivity index (χ0v) is 13.3. The van der Waals surface area contributed by atoms with E-state index in [1.165, 1.54) is 12.1 Å². The lowest BCUT2D eigenvalue weighted by molar-refractivity contribution is 0.0691. The first-order chi connectivity index (χ1) is 12.5. The van der Waals surface area contributed by atoms with Gasteiger partial charge in [0.15, 0.2) is 11.5 Å².